The Bertz CT molecular complexity index is 730. The van der Waals surface area contributed by atoms with Gasteiger partial charge in [-0.25, -0.2) is 9.97 Å². The van der Waals surface area contributed by atoms with Crippen molar-refractivity contribution in [1.29, 1.82) is 0 Å². The van der Waals surface area contributed by atoms with Crippen molar-refractivity contribution in [3.63, 3.8) is 0 Å². The molecule has 6 nitrogen and oxygen atoms in total. The van der Waals surface area contributed by atoms with E-state index < -0.39 is 5.60 Å². The largest absolute Gasteiger partial charge is 0.390 e. The second kappa shape index (κ2) is 6.52. The van der Waals surface area contributed by atoms with Crippen LogP contribution in [0.25, 0.3) is 0 Å². The van der Waals surface area contributed by atoms with Gasteiger partial charge in [0.15, 0.2) is 0 Å². The third-order valence-corrected chi connectivity index (χ3v) is 7.58. The monoisotopic (exact) mass is 370 g/mol. The standard InChI is InChI=1S/C21H30N4O2/c22-10-17-23-11-16(19(24-17)13-3-1-2-4-13)20(26)25-18-14-5-12-6-15(18)9-21(27,7-12)8-14/h11-15,18,27H,1-10,22H2,(H,25,26). The van der Waals surface area contributed by atoms with Crippen LogP contribution in [0.15, 0.2) is 6.20 Å². The SMILES string of the molecule is NCc1ncc(C(=O)NC2C3CC4CC2CC(O)(C4)C3)c(C2CCCC2)n1. The van der Waals surface area contributed by atoms with Crippen molar-refractivity contribution in [2.24, 2.45) is 23.5 Å². The lowest BCUT2D eigenvalue weighted by Gasteiger charge is -2.58. The average Bonchev–Trinajstić information content (AvgIpc) is 3.17. The number of hydrogen-bond acceptors (Lipinski definition) is 5. The molecule has 5 fully saturated rings. The van der Waals surface area contributed by atoms with Gasteiger partial charge in [0.05, 0.1) is 23.4 Å². The first-order chi connectivity index (χ1) is 13.0. The molecule has 0 spiro atoms. The molecule has 0 saturated heterocycles. The van der Waals surface area contributed by atoms with E-state index >= 15 is 0 Å². The van der Waals surface area contributed by atoms with Gasteiger partial charge < -0.3 is 16.2 Å². The summed E-state index contributed by atoms with van der Waals surface area (Å²) in [5.74, 6) is 2.38. The number of aromatic nitrogens is 2. The summed E-state index contributed by atoms with van der Waals surface area (Å²) in [6.07, 6.45) is 11.2. The Hall–Kier alpha value is -1.53. The highest BCUT2D eigenvalue weighted by Crippen LogP contribution is 2.55. The lowest BCUT2D eigenvalue weighted by Crippen LogP contribution is -2.61. The van der Waals surface area contributed by atoms with Crippen molar-refractivity contribution < 1.29 is 9.90 Å². The van der Waals surface area contributed by atoms with Gasteiger partial charge in [0.25, 0.3) is 5.91 Å². The van der Waals surface area contributed by atoms with Gasteiger partial charge in [0.1, 0.15) is 5.82 Å². The number of nitrogens with one attached hydrogen (secondary N) is 1. The van der Waals surface area contributed by atoms with Crippen LogP contribution < -0.4 is 11.1 Å². The Kier molecular flexibility index (Phi) is 4.24. The molecule has 1 aromatic rings. The third-order valence-electron chi connectivity index (χ3n) is 7.58. The van der Waals surface area contributed by atoms with Gasteiger partial charge in [-0.3, -0.25) is 4.79 Å². The van der Waals surface area contributed by atoms with E-state index in [4.69, 9.17) is 5.73 Å². The van der Waals surface area contributed by atoms with Crippen molar-refractivity contribution in [2.75, 3.05) is 0 Å². The van der Waals surface area contributed by atoms with E-state index in [1.165, 1.54) is 12.8 Å². The Morgan fingerprint density at radius 1 is 1.22 bits per heavy atom. The summed E-state index contributed by atoms with van der Waals surface area (Å²) in [4.78, 5) is 22.2. The van der Waals surface area contributed by atoms with Crippen molar-refractivity contribution >= 4 is 5.91 Å². The molecule has 1 aromatic heterocycles. The average molecular weight is 370 g/mol. The number of nitrogens with zero attached hydrogens (tertiary/aromatic N) is 2. The van der Waals surface area contributed by atoms with Gasteiger partial charge in [-0.1, -0.05) is 12.8 Å². The van der Waals surface area contributed by atoms with Crippen molar-refractivity contribution in [3.05, 3.63) is 23.3 Å². The van der Waals surface area contributed by atoms with Crippen LogP contribution in [0.4, 0.5) is 0 Å². The second-order valence-corrected chi connectivity index (χ2v) is 9.46. The number of carbonyl (C=O) groups excluding carboxylic acids is 1. The van der Waals surface area contributed by atoms with E-state index in [1.807, 2.05) is 0 Å². The molecule has 0 aliphatic heterocycles. The molecule has 146 valence electrons. The molecule has 4 N–H and O–H groups in total. The minimum atomic E-state index is -0.474. The summed E-state index contributed by atoms with van der Waals surface area (Å²) in [6.45, 7) is 0.300. The number of carbonyl (C=O) groups is 1. The number of nitrogens with two attached hydrogens (primary N) is 1. The lowest BCUT2D eigenvalue weighted by molar-refractivity contribution is -0.136. The number of aliphatic hydroxyl groups is 1. The van der Waals surface area contributed by atoms with Crippen molar-refractivity contribution in [2.45, 2.75) is 81.9 Å². The molecule has 6 heteroatoms. The zero-order chi connectivity index (χ0) is 18.6. The van der Waals surface area contributed by atoms with E-state index in [9.17, 15) is 9.90 Å². The molecular weight excluding hydrogens is 340 g/mol. The normalized spacial score (nSPS) is 37.7. The summed E-state index contributed by atoms with van der Waals surface area (Å²) in [6, 6.07) is 0.180. The van der Waals surface area contributed by atoms with E-state index in [-0.39, 0.29) is 11.9 Å². The Labute approximate surface area is 160 Å². The van der Waals surface area contributed by atoms with E-state index in [0.717, 1.165) is 50.6 Å². The maximum absolute atomic E-state index is 13.2. The molecule has 6 rings (SSSR count). The molecule has 5 aliphatic rings. The molecular formula is C21H30N4O2. The molecule has 5 saturated carbocycles. The summed E-state index contributed by atoms with van der Waals surface area (Å²) >= 11 is 0. The fourth-order valence-corrected chi connectivity index (χ4v) is 6.66. The predicted octanol–water partition coefficient (Wildman–Crippen LogP) is 2.26. The number of amides is 1. The molecule has 5 aliphatic carbocycles. The van der Waals surface area contributed by atoms with Gasteiger partial charge in [-0.15, -0.1) is 0 Å². The van der Waals surface area contributed by atoms with E-state index in [1.54, 1.807) is 6.20 Å². The van der Waals surface area contributed by atoms with Crippen LogP contribution in [-0.4, -0.2) is 32.6 Å². The highest BCUT2D eigenvalue weighted by Gasteiger charge is 2.55. The summed E-state index contributed by atoms with van der Waals surface area (Å²) < 4.78 is 0. The summed E-state index contributed by atoms with van der Waals surface area (Å²) in [7, 11) is 0. The van der Waals surface area contributed by atoms with E-state index in [2.05, 4.69) is 15.3 Å². The smallest absolute Gasteiger partial charge is 0.254 e. The van der Waals surface area contributed by atoms with Crippen LogP contribution in [0.5, 0.6) is 0 Å². The van der Waals surface area contributed by atoms with Gasteiger partial charge >= 0.3 is 0 Å². The number of hydrogen-bond donors (Lipinski definition) is 3. The Morgan fingerprint density at radius 3 is 2.56 bits per heavy atom. The molecule has 0 radical (unpaired) electrons. The highest BCUT2D eigenvalue weighted by molar-refractivity contribution is 5.95. The first-order valence-corrected chi connectivity index (χ1v) is 10.6. The van der Waals surface area contributed by atoms with Crippen LogP contribution in [0, 0.1) is 17.8 Å². The molecule has 1 heterocycles. The molecule has 2 unspecified atom stereocenters. The topological polar surface area (TPSA) is 101 Å². The third kappa shape index (κ3) is 3.07. The first-order valence-electron chi connectivity index (χ1n) is 10.6. The molecule has 2 atom stereocenters. The Balaban J connectivity index is 1.38. The highest BCUT2D eigenvalue weighted by atomic mass is 16.3. The summed E-state index contributed by atoms with van der Waals surface area (Å²) in [5.41, 5.74) is 6.78. The fraction of sp³-hybridized carbons (Fsp3) is 0.762. The minimum Gasteiger partial charge on any atom is -0.390 e. The first kappa shape index (κ1) is 17.6. The van der Waals surface area contributed by atoms with Crippen LogP contribution in [0.3, 0.4) is 0 Å². The zero-order valence-corrected chi connectivity index (χ0v) is 15.9. The Morgan fingerprint density at radius 2 is 1.93 bits per heavy atom. The van der Waals surface area contributed by atoms with Gasteiger partial charge in [0.2, 0.25) is 0 Å². The quantitative estimate of drug-likeness (QED) is 0.755. The zero-order valence-electron chi connectivity index (χ0n) is 15.9. The van der Waals surface area contributed by atoms with Gasteiger partial charge in [-0.2, -0.15) is 0 Å². The minimum absolute atomic E-state index is 0.0371. The van der Waals surface area contributed by atoms with Crippen LogP contribution in [-0.2, 0) is 6.54 Å². The molecule has 4 bridgehead atoms. The van der Waals surface area contributed by atoms with Crippen LogP contribution in [0.1, 0.15) is 85.6 Å². The maximum Gasteiger partial charge on any atom is 0.254 e. The lowest BCUT2D eigenvalue weighted by atomic mass is 9.52. The maximum atomic E-state index is 13.2. The number of rotatable bonds is 4. The van der Waals surface area contributed by atoms with Crippen LogP contribution in [0.2, 0.25) is 0 Å². The fourth-order valence-electron chi connectivity index (χ4n) is 6.66. The van der Waals surface area contributed by atoms with Crippen LogP contribution >= 0.6 is 0 Å². The van der Waals surface area contributed by atoms with Gasteiger partial charge in [-0.05, 0) is 62.7 Å². The molecule has 27 heavy (non-hydrogen) atoms. The van der Waals surface area contributed by atoms with E-state index in [0.29, 0.717) is 41.6 Å². The van der Waals surface area contributed by atoms with Gasteiger partial charge in [0, 0.05) is 18.2 Å². The van der Waals surface area contributed by atoms with Crippen molar-refractivity contribution in [3.8, 4) is 0 Å². The molecule has 1 amide bonds. The molecule has 0 aromatic carbocycles. The summed E-state index contributed by atoms with van der Waals surface area (Å²) in [5, 5.41) is 14.1. The second-order valence-electron chi connectivity index (χ2n) is 9.46. The predicted molar refractivity (Wildman–Crippen MR) is 101 cm³/mol. The van der Waals surface area contributed by atoms with Crippen molar-refractivity contribution in [1.82, 2.24) is 15.3 Å².